The number of nitrogens with two attached hydrogens (primary N) is 1. The highest BCUT2D eigenvalue weighted by molar-refractivity contribution is 7.90. The van der Waals surface area contributed by atoms with Crippen molar-refractivity contribution in [3.63, 3.8) is 0 Å². The minimum absolute atomic E-state index is 0.0938. The summed E-state index contributed by atoms with van der Waals surface area (Å²) in [5, 5.41) is 11.0. The van der Waals surface area contributed by atoms with Crippen molar-refractivity contribution in [2.45, 2.75) is 11.1 Å². The second-order valence-electron chi connectivity index (χ2n) is 8.85. The summed E-state index contributed by atoms with van der Waals surface area (Å²) in [6, 6.07) is 22.4. The number of aromatic hydroxyl groups is 1. The SMILES string of the molecule is CN.CS(=O)(=O)c1cccc(-c2cnc(O)c3cc(-c4ccccc4)c(-c4ccc(OC(=O)C(F)(F)F)cc4)nc23)c1. The molecule has 0 fully saturated rings. The van der Waals surface area contributed by atoms with Crippen LogP contribution in [0.2, 0.25) is 0 Å². The number of esters is 1. The minimum Gasteiger partial charge on any atom is -0.493 e. The molecule has 0 bridgehead atoms. The molecule has 0 saturated heterocycles. The first-order valence-electron chi connectivity index (χ1n) is 12.3. The van der Waals surface area contributed by atoms with Gasteiger partial charge in [0.15, 0.2) is 9.84 Å². The van der Waals surface area contributed by atoms with Gasteiger partial charge in [-0.05, 0) is 60.6 Å². The van der Waals surface area contributed by atoms with Crippen molar-refractivity contribution < 1.29 is 36.2 Å². The van der Waals surface area contributed by atoms with Crippen LogP contribution < -0.4 is 10.5 Å². The molecule has 2 heterocycles. The predicted octanol–water partition coefficient (Wildman–Crippen LogP) is 5.78. The van der Waals surface area contributed by atoms with Crippen molar-refractivity contribution in [2.24, 2.45) is 5.73 Å². The molecule has 0 aliphatic heterocycles. The number of fused-ring (bicyclic) bond motifs is 1. The van der Waals surface area contributed by atoms with Gasteiger partial charge in [-0.2, -0.15) is 13.2 Å². The molecule has 8 nitrogen and oxygen atoms in total. The van der Waals surface area contributed by atoms with Gasteiger partial charge in [-0.15, -0.1) is 0 Å². The van der Waals surface area contributed by atoms with Crippen LogP contribution in [0.1, 0.15) is 0 Å². The summed E-state index contributed by atoms with van der Waals surface area (Å²) >= 11 is 0. The van der Waals surface area contributed by atoms with Crippen molar-refractivity contribution in [3.05, 3.63) is 91.1 Å². The van der Waals surface area contributed by atoms with Gasteiger partial charge in [-0.25, -0.2) is 23.2 Å². The van der Waals surface area contributed by atoms with Gasteiger partial charge in [0.05, 0.1) is 21.5 Å². The van der Waals surface area contributed by atoms with Gasteiger partial charge in [0.2, 0.25) is 5.88 Å². The largest absolute Gasteiger partial charge is 0.493 e. The molecule has 0 unspecified atom stereocenters. The van der Waals surface area contributed by atoms with Crippen molar-refractivity contribution in [1.82, 2.24) is 9.97 Å². The third-order valence-electron chi connectivity index (χ3n) is 6.06. The number of carbonyl (C=O) groups excluding carboxylic acids is 1. The molecule has 0 atom stereocenters. The minimum atomic E-state index is -5.14. The Kier molecular flexibility index (Phi) is 8.59. The lowest BCUT2D eigenvalue weighted by molar-refractivity contribution is -0.189. The van der Waals surface area contributed by atoms with Crippen LogP contribution in [-0.4, -0.2) is 48.9 Å². The topological polar surface area (TPSA) is 132 Å². The van der Waals surface area contributed by atoms with E-state index in [2.05, 4.69) is 15.5 Å². The van der Waals surface area contributed by atoms with E-state index in [-0.39, 0.29) is 16.5 Å². The number of hydrogen-bond acceptors (Lipinski definition) is 8. The van der Waals surface area contributed by atoms with Gasteiger partial charge >= 0.3 is 12.1 Å². The number of benzene rings is 3. The fourth-order valence-corrected chi connectivity index (χ4v) is 4.82. The Hall–Kier alpha value is -4.81. The van der Waals surface area contributed by atoms with Crippen LogP contribution in [0.15, 0.2) is 96.0 Å². The van der Waals surface area contributed by atoms with E-state index < -0.39 is 22.0 Å². The first-order chi connectivity index (χ1) is 19.9. The number of alkyl halides is 3. The van der Waals surface area contributed by atoms with Crippen LogP contribution in [0.25, 0.3) is 44.4 Å². The van der Waals surface area contributed by atoms with E-state index in [1.807, 2.05) is 30.3 Å². The number of hydrogen-bond donors (Lipinski definition) is 2. The van der Waals surface area contributed by atoms with Crippen LogP contribution in [0.5, 0.6) is 11.6 Å². The maximum absolute atomic E-state index is 12.6. The second kappa shape index (κ2) is 12.0. The quantitative estimate of drug-likeness (QED) is 0.193. The Labute approximate surface area is 239 Å². The van der Waals surface area contributed by atoms with Crippen LogP contribution in [0.3, 0.4) is 0 Å². The molecule has 3 aromatic carbocycles. The van der Waals surface area contributed by atoms with Gasteiger partial charge in [0.25, 0.3) is 0 Å². The molecule has 12 heteroatoms. The van der Waals surface area contributed by atoms with Gasteiger partial charge < -0.3 is 15.6 Å². The lowest BCUT2D eigenvalue weighted by atomic mass is 9.96. The fourth-order valence-electron chi connectivity index (χ4n) is 4.15. The Bertz CT molecular complexity index is 1860. The highest BCUT2D eigenvalue weighted by atomic mass is 32.2. The molecule has 3 N–H and O–H groups in total. The number of nitrogens with zero attached hydrogens (tertiary/aromatic N) is 2. The summed E-state index contributed by atoms with van der Waals surface area (Å²) in [6.45, 7) is 0. The van der Waals surface area contributed by atoms with Crippen LogP contribution >= 0.6 is 0 Å². The molecule has 0 amide bonds. The molecular formula is C30H24F3N3O5S. The Balaban J connectivity index is 0.00000198. The van der Waals surface area contributed by atoms with Crippen LogP contribution in [0.4, 0.5) is 13.2 Å². The van der Waals surface area contributed by atoms with Gasteiger partial charge in [-0.3, -0.25) is 0 Å². The van der Waals surface area contributed by atoms with Crippen molar-refractivity contribution in [3.8, 4) is 45.1 Å². The summed E-state index contributed by atoms with van der Waals surface area (Å²) in [5.74, 6) is -2.92. The predicted molar refractivity (Wildman–Crippen MR) is 152 cm³/mol. The number of sulfone groups is 1. The lowest BCUT2D eigenvalue weighted by Gasteiger charge is -2.15. The van der Waals surface area contributed by atoms with Crippen molar-refractivity contribution in [2.75, 3.05) is 13.3 Å². The monoisotopic (exact) mass is 595 g/mol. The van der Waals surface area contributed by atoms with E-state index in [0.29, 0.717) is 38.9 Å². The second-order valence-corrected chi connectivity index (χ2v) is 10.9. The van der Waals surface area contributed by atoms with E-state index in [1.54, 1.807) is 18.2 Å². The number of aromatic nitrogens is 2. The Morgan fingerprint density at radius 2 is 1.50 bits per heavy atom. The third kappa shape index (κ3) is 6.40. The number of rotatable bonds is 5. The summed E-state index contributed by atoms with van der Waals surface area (Å²) in [5.41, 5.74) is 8.00. The van der Waals surface area contributed by atoms with E-state index in [1.165, 1.54) is 49.6 Å². The normalized spacial score (nSPS) is 11.5. The van der Waals surface area contributed by atoms with Crippen molar-refractivity contribution >= 4 is 26.7 Å². The molecule has 0 radical (unpaired) electrons. The maximum atomic E-state index is 12.6. The summed E-state index contributed by atoms with van der Waals surface area (Å²) in [6.07, 6.45) is -2.66. The van der Waals surface area contributed by atoms with Gasteiger partial charge in [-0.1, -0.05) is 42.5 Å². The molecule has 2 aromatic heterocycles. The first kappa shape index (κ1) is 30.2. The van der Waals surface area contributed by atoms with Gasteiger partial charge in [0, 0.05) is 29.1 Å². The molecule has 5 rings (SSSR count). The average Bonchev–Trinajstić information content (AvgIpc) is 2.98. The molecule has 0 spiro atoms. The molecular weight excluding hydrogens is 571 g/mol. The van der Waals surface area contributed by atoms with Crippen molar-refractivity contribution in [1.29, 1.82) is 0 Å². The molecule has 5 aromatic rings. The molecule has 216 valence electrons. The summed E-state index contributed by atoms with van der Waals surface area (Å²) in [4.78, 5) is 20.3. The summed E-state index contributed by atoms with van der Waals surface area (Å²) in [7, 11) is -2.01. The zero-order chi connectivity index (χ0) is 30.7. The Morgan fingerprint density at radius 1 is 0.857 bits per heavy atom. The lowest BCUT2D eigenvalue weighted by Crippen LogP contribution is -2.27. The number of carbonyl (C=O) groups is 1. The molecule has 42 heavy (non-hydrogen) atoms. The van der Waals surface area contributed by atoms with E-state index in [4.69, 9.17) is 4.98 Å². The smallest absolute Gasteiger partial charge is 0.491 e. The fraction of sp³-hybridized carbons (Fsp3) is 0.100. The Morgan fingerprint density at radius 3 is 2.12 bits per heavy atom. The highest BCUT2D eigenvalue weighted by Gasteiger charge is 2.41. The number of halogens is 3. The highest BCUT2D eigenvalue weighted by Crippen LogP contribution is 2.39. The van der Waals surface area contributed by atoms with E-state index in [0.717, 1.165) is 11.8 Å². The molecule has 0 aliphatic rings. The number of pyridine rings is 2. The maximum Gasteiger partial charge on any atom is 0.491 e. The third-order valence-corrected chi connectivity index (χ3v) is 7.17. The van der Waals surface area contributed by atoms with Gasteiger partial charge in [0.1, 0.15) is 5.75 Å². The molecule has 0 saturated carbocycles. The first-order valence-corrected chi connectivity index (χ1v) is 14.2. The zero-order valence-corrected chi connectivity index (χ0v) is 23.1. The molecule has 0 aliphatic carbocycles. The summed E-state index contributed by atoms with van der Waals surface area (Å²) < 4.78 is 66.6. The average molecular weight is 596 g/mol. The van der Waals surface area contributed by atoms with Crippen LogP contribution in [0, 0.1) is 0 Å². The number of ether oxygens (including phenoxy) is 1. The van der Waals surface area contributed by atoms with Crippen LogP contribution in [-0.2, 0) is 14.6 Å². The zero-order valence-electron chi connectivity index (χ0n) is 22.3. The standard InChI is InChI=1S/C29H19F3N2O5S.CH5N/c1-40(37,38)21-9-5-8-19(14-21)24-16-33-27(35)23-15-22(17-6-3-2-4-7-17)25(34-26(23)24)18-10-12-20(13-11-18)39-28(36)29(30,31)32;1-2/h2-16H,1H3,(H,33,35);2H2,1H3. The van der Waals surface area contributed by atoms with E-state index >= 15 is 0 Å². The van der Waals surface area contributed by atoms with E-state index in [9.17, 15) is 31.5 Å².